The van der Waals surface area contributed by atoms with Crippen molar-refractivity contribution in [2.45, 2.75) is 0 Å². The third-order valence-corrected chi connectivity index (χ3v) is 4.66. The minimum absolute atomic E-state index is 0.0716. The summed E-state index contributed by atoms with van der Waals surface area (Å²) in [5.41, 5.74) is 0.649. The van der Waals surface area contributed by atoms with Crippen molar-refractivity contribution in [3.8, 4) is 16.3 Å². The Hall–Kier alpha value is -1.89. The number of fused-ring (bicyclic) bond motifs is 1. The first-order valence-corrected chi connectivity index (χ1v) is 7.60. The number of aromatic nitrogens is 2. The predicted molar refractivity (Wildman–Crippen MR) is 86.4 cm³/mol. The third kappa shape index (κ3) is 2.49. The standard InChI is InChI=1S/C14H8Cl2N2O3S/c1-21-9-3-2-6(13(19)20)7-4-10(22-12(7)9)11-8(15)5-17-14(16)18-11/h2-5H,1H3,(H,19,20). The molecule has 0 bridgehead atoms. The highest BCUT2D eigenvalue weighted by molar-refractivity contribution is 7.22. The zero-order valence-electron chi connectivity index (χ0n) is 11.1. The number of thiophene rings is 1. The number of nitrogens with zero attached hydrogens (tertiary/aromatic N) is 2. The van der Waals surface area contributed by atoms with Crippen LogP contribution in [0.1, 0.15) is 10.4 Å². The summed E-state index contributed by atoms with van der Waals surface area (Å²) >= 11 is 13.3. The fourth-order valence-corrected chi connectivity index (χ4v) is 3.64. The lowest BCUT2D eigenvalue weighted by molar-refractivity contribution is 0.0699. The smallest absolute Gasteiger partial charge is 0.336 e. The third-order valence-electron chi connectivity index (χ3n) is 3.05. The van der Waals surface area contributed by atoms with E-state index in [1.165, 1.54) is 30.7 Å². The molecule has 3 aromatic rings. The molecule has 2 aromatic heterocycles. The summed E-state index contributed by atoms with van der Waals surface area (Å²) in [4.78, 5) is 20.0. The number of hydrogen-bond acceptors (Lipinski definition) is 5. The molecule has 0 saturated heterocycles. The van der Waals surface area contributed by atoms with Crippen molar-refractivity contribution in [3.63, 3.8) is 0 Å². The summed E-state index contributed by atoms with van der Waals surface area (Å²) in [5.74, 6) is -0.420. The van der Waals surface area contributed by atoms with Crippen molar-refractivity contribution in [1.82, 2.24) is 9.97 Å². The lowest BCUT2D eigenvalue weighted by atomic mass is 10.1. The number of carboxylic acids is 1. The van der Waals surface area contributed by atoms with Crippen LogP contribution in [0.2, 0.25) is 10.3 Å². The van der Waals surface area contributed by atoms with Crippen molar-refractivity contribution in [3.05, 3.63) is 40.3 Å². The van der Waals surface area contributed by atoms with Crippen molar-refractivity contribution >= 4 is 50.6 Å². The van der Waals surface area contributed by atoms with Gasteiger partial charge in [0.25, 0.3) is 0 Å². The van der Waals surface area contributed by atoms with Crippen LogP contribution in [0.4, 0.5) is 0 Å². The molecular formula is C14H8Cl2N2O3S. The van der Waals surface area contributed by atoms with Crippen LogP contribution in [-0.2, 0) is 0 Å². The molecule has 112 valence electrons. The first-order valence-electron chi connectivity index (χ1n) is 6.03. The number of benzene rings is 1. The highest BCUT2D eigenvalue weighted by Gasteiger charge is 2.18. The fraction of sp³-hybridized carbons (Fsp3) is 0.0714. The Morgan fingerprint density at radius 3 is 2.82 bits per heavy atom. The second kappa shape index (κ2) is 5.72. The summed E-state index contributed by atoms with van der Waals surface area (Å²) in [6.07, 6.45) is 1.41. The van der Waals surface area contributed by atoms with Gasteiger partial charge in [-0.05, 0) is 29.8 Å². The molecule has 0 aliphatic carbocycles. The first kappa shape index (κ1) is 15.0. The van der Waals surface area contributed by atoms with Crippen LogP contribution in [0.3, 0.4) is 0 Å². The Morgan fingerprint density at radius 1 is 1.36 bits per heavy atom. The summed E-state index contributed by atoms with van der Waals surface area (Å²) < 4.78 is 6.00. The molecule has 8 heteroatoms. The summed E-state index contributed by atoms with van der Waals surface area (Å²) in [6.45, 7) is 0. The molecule has 0 saturated carbocycles. The molecule has 0 aliphatic heterocycles. The number of aromatic carboxylic acids is 1. The minimum Gasteiger partial charge on any atom is -0.495 e. The van der Waals surface area contributed by atoms with E-state index in [9.17, 15) is 9.90 Å². The maximum atomic E-state index is 11.4. The number of carboxylic acid groups (broad SMARTS) is 1. The van der Waals surface area contributed by atoms with Gasteiger partial charge in [-0.15, -0.1) is 11.3 Å². The molecule has 0 aliphatic rings. The van der Waals surface area contributed by atoms with Gasteiger partial charge in [0.15, 0.2) is 0 Å². The van der Waals surface area contributed by atoms with Crippen molar-refractivity contribution in [2.24, 2.45) is 0 Å². The molecule has 1 aromatic carbocycles. The van der Waals surface area contributed by atoms with Crippen LogP contribution in [0.5, 0.6) is 5.75 Å². The molecule has 0 atom stereocenters. The van der Waals surface area contributed by atoms with E-state index < -0.39 is 5.97 Å². The quantitative estimate of drug-likeness (QED) is 0.707. The van der Waals surface area contributed by atoms with Gasteiger partial charge >= 0.3 is 5.97 Å². The average Bonchev–Trinajstić information content (AvgIpc) is 2.93. The SMILES string of the molecule is COc1ccc(C(=O)O)c2cc(-c3nc(Cl)ncc3Cl)sc12. The van der Waals surface area contributed by atoms with Gasteiger partial charge < -0.3 is 9.84 Å². The zero-order chi connectivity index (χ0) is 15.9. The summed E-state index contributed by atoms with van der Waals surface area (Å²) in [5, 5.41) is 10.3. The Bertz CT molecular complexity index is 895. The number of methoxy groups -OCH3 is 1. The van der Waals surface area contributed by atoms with Gasteiger partial charge in [0, 0.05) is 5.39 Å². The Labute approximate surface area is 139 Å². The van der Waals surface area contributed by atoms with Gasteiger partial charge in [0.2, 0.25) is 5.28 Å². The van der Waals surface area contributed by atoms with Crippen LogP contribution in [0, 0.1) is 0 Å². The van der Waals surface area contributed by atoms with Crippen LogP contribution in [0.15, 0.2) is 24.4 Å². The second-order valence-electron chi connectivity index (χ2n) is 4.31. The molecule has 0 unspecified atom stereocenters. The molecular weight excluding hydrogens is 347 g/mol. The first-order chi connectivity index (χ1) is 10.5. The predicted octanol–water partition coefficient (Wildman–Crippen LogP) is 4.37. The Balaban J connectivity index is 2.31. The van der Waals surface area contributed by atoms with E-state index in [2.05, 4.69) is 9.97 Å². The van der Waals surface area contributed by atoms with Crippen LogP contribution >= 0.6 is 34.5 Å². The number of rotatable bonds is 3. The van der Waals surface area contributed by atoms with E-state index in [4.69, 9.17) is 27.9 Å². The fourth-order valence-electron chi connectivity index (χ4n) is 2.08. The highest BCUT2D eigenvalue weighted by Crippen LogP contribution is 2.41. The van der Waals surface area contributed by atoms with Crippen LogP contribution < -0.4 is 4.74 Å². The van der Waals surface area contributed by atoms with E-state index >= 15 is 0 Å². The molecule has 22 heavy (non-hydrogen) atoms. The molecule has 1 N–H and O–H groups in total. The zero-order valence-corrected chi connectivity index (χ0v) is 13.5. The molecule has 5 nitrogen and oxygen atoms in total. The maximum absolute atomic E-state index is 11.4. The molecule has 2 heterocycles. The second-order valence-corrected chi connectivity index (χ2v) is 6.11. The van der Waals surface area contributed by atoms with Gasteiger partial charge in [-0.25, -0.2) is 14.8 Å². The van der Waals surface area contributed by atoms with Gasteiger partial charge in [-0.1, -0.05) is 11.6 Å². The number of carbonyl (C=O) groups is 1. The van der Waals surface area contributed by atoms with Gasteiger partial charge in [0.1, 0.15) is 11.4 Å². The number of ether oxygens (including phenoxy) is 1. The largest absolute Gasteiger partial charge is 0.495 e. The summed E-state index contributed by atoms with van der Waals surface area (Å²) in [7, 11) is 1.53. The molecule has 3 rings (SSSR count). The van der Waals surface area contributed by atoms with Crippen LogP contribution in [-0.4, -0.2) is 28.2 Å². The van der Waals surface area contributed by atoms with Crippen molar-refractivity contribution in [2.75, 3.05) is 7.11 Å². The van der Waals surface area contributed by atoms with Gasteiger partial charge in [-0.2, -0.15) is 0 Å². The Kier molecular flexibility index (Phi) is 3.90. The molecule has 0 radical (unpaired) electrons. The summed E-state index contributed by atoms with van der Waals surface area (Å²) in [6, 6.07) is 4.85. The van der Waals surface area contributed by atoms with Gasteiger partial charge in [-0.3, -0.25) is 0 Å². The van der Waals surface area contributed by atoms with E-state index in [0.29, 0.717) is 31.4 Å². The van der Waals surface area contributed by atoms with E-state index in [0.717, 1.165) is 0 Å². The van der Waals surface area contributed by atoms with Crippen LogP contribution in [0.25, 0.3) is 20.7 Å². The Morgan fingerprint density at radius 2 is 2.14 bits per heavy atom. The lowest BCUT2D eigenvalue weighted by Gasteiger charge is -2.03. The van der Waals surface area contributed by atoms with Crippen molar-refractivity contribution in [1.29, 1.82) is 0 Å². The van der Waals surface area contributed by atoms with E-state index in [1.54, 1.807) is 12.1 Å². The average molecular weight is 355 g/mol. The molecule has 0 amide bonds. The van der Waals surface area contributed by atoms with E-state index in [-0.39, 0.29) is 10.8 Å². The van der Waals surface area contributed by atoms with Crippen molar-refractivity contribution < 1.29 is 14.6 Å². The topological polar surface area (TPSA) is 72.3 Å². The van der Waals surface area contributed by atoms with E-state index in [1.807, 2.05) is 0 Å². The highest BCUT2D eigenvalue weighted by atomic mass is 35.5. The van der Waals surface area contributed by atoms with Gasteiger partial charge in [0.05, 0.1) is 33.5 Å². The molecule has 0 spiro atoms. The minimum atomic E-state index is -1.01. The molecule has 0 fully saturated rings. The normalized spacial score (nSPS) is 10.9. The maximum Gasteiger partial charge on any atom is 0.336 e. The number of hydrogen-bond donors (Lipinski definition) is 1. The number of halogens is 2. The monoisotopic (exact) mass is 354 g/mol. The lowest BCUT2D eigenvalue weighted by Crippen LogP contribution is -1.96.